The van der Waals surface area contributed by atoms with Crippen molar-refractivity contribution in [1.82, 2.24) is 0 Å². The van der Waals surface area contributed by atoms with Crippen molar-refractivity contribution in [2.45, 2.75) is 19.8 Å². The second kappa shape index (κ2) is 4.58. The van der Waals surface area contributed by atoms with E-state index in [0.717, 1.165) is 5.75 Å². The quantitative estimate of drug-likeness (QED) is 0.616. The third kappa shape index (κ3) is 2.06. The molecular weight excluding hydrogens is 232 g/mol. The molecule has 0 aromatic heterocycles. The Morgan fingerprint density at radius 2 is 1.79 bits per heavy atom. The fourth-order valence-electron chi connectivity index (χ4n) is 2.57. The molecule has 0 saturated carbocycles. The van der Waals surface area contributed by atoms with E-state index in [1.54, 1.807) is 7.11 Å². The van der Waals surface area contributed by atoms with Crippen LogP contribution in [0.1, 0.15) is 25.3 Å². The van der Waals surface area contributed by atoms with Gasteiger partial charge >= 0.3 is 0 Å². The molecule has 1 nitrogen and oxygen atoms in total. The monoisotopic (exact) mass is 250 g/mol. The van der Waals surface area contributed by atoms with Crippen LogP contribution in [0.5, 0.6) is 5.75 Å². The van der Waals surface area contributed by atoms with Gasteiger partial charge in [0, 0.05) is 0 Å². The second-order valence-electron chi connectivity index (χ2n) is 5.29. The van der Waals surface area contributed by atoms with Crippen LogP contribution in [0.2, 0.25) is 0 Å². The van der Waals surface area contributed by atoms with Crippen LogP contribution in [0.15, 0.2) is 48.5 Å². The van der Waals surface area contributed by atoms with Crippen LogP contribution >= 0.6 is 0 Å². The van der Waals surface area contributed by atoms with Crippen molar-refractivity contribution in [3.63, 3.8) is 0 Å². The summed E-state index contributed by atoms with van der Waals surface area (Å²) in [5, 5.41) is 2.54. The van der Waals surface area contributed by atoms with E-state index in [2.05, 4.69) is 56.3 Å². The smallest absolute Gasteiger partial charge is 0.119 e. The topological polar surface area (TPSA) is 9.23 Å². The SMILES string of the molecule is COc1ccc2cc3cc(C(C)C)cccc-3c2c1. The molecule has 0 amide bonds. The summed E-state index contributed by atoms with van der Waals surface area (Å²) >= 11 is 0. The van der Waals surface area contributed by atoms with Gasteiger partial charge in [0.05, 0.1) is 7.11 Å². The molecule has 0 N–H and O–H groups in total. The fourth-order valence-corrected chi connectivity index (χ4v) is 2.57. The van der Waals surface area contributed by atoms with E-state index in [0.29, 0.717) is 5.92 Å². The summed E-state index contributed by atoms with van der Waals surface area (Å²) in [5.74, 6) is 1.46. The summed E-state index contributed by atoms with van der Waals surface area (Å²) in [6.07, 6.45) is 0. The first-order chi connectivity index (χ1) is 9.19. The molecule has 1 heteroatoms. The van der Waals surface area contributed by atoms with Crippen molar-refractivity contribution in [3.8, 4) is 16.9 Å². The summed E-state index contributed by atoms with van der Waals surface area (Å²) in [6.45, 7) is 4.46. The Hall–Kier alpha value is -2.02. The molecule has 0 saturated heterocycles. The van der Waals surface area contributed by atoms with Crippen LogP contribution in [0.4, 0.5) is 0 Å². The second-order valence-corrected chi connectivity index (χ2v) is 5.29. The molecule has 2 aliphatic rings. The molecule has 2 aliphatic carbocycles. The maximum absolute atomic E-state index is 5.33. The molecule has 0 spiro atoms. The van der Waals surface area contributed by atoms with Gasteiger partial charge in [-0.05, 0) is 51.6 Å². The molecule has 0 bridgehead atoms. The number of fused-ring (bicyclic) bond motifs is 3. The number of hydrogen-bond donors (Lipinski definition) is 0. The highest BCUT2D eigenvalue weighted by Gasteiger charge is 2.10. The molecule has 0 heterocycles. The minimum Gasteiger partial charge on any atom is -0.497 e. The third-order valence-corrected chi connectivity index (χ3v) is 3.71. The van der Waals surface area contributed by atoms with Crippen molar-refractivity contribution < 1.29 is 4.74 Å². The minimum absolute atomic E-state index is 0.545. The van der Waals surface area contributed by atoms with Gasteiger partial charge in [0.1, 0.15) is 5.75 Å². The first-order valence-electron chi connectivity index (χ1n) is 6.69. The molecular formula is C18H18O. The van der Waals surface area contributed by atoms with Gasteiger partial charge in [-0.15, -0.1) is 0 Å². The zero-order chi connectivity index (χ0) is 13.4. The van der Waals surface area contributed by atoms with Gasteiger partial charge in [0.2, 0.25) is 0 Å². The molecule has 0 fully saturated rings. The van der Waals surface area contributed by atoms with E-state index in [1.807, 2.05) is 6.07 Å². The highest BCUT2D eigenvalue weighted by molar-refractivity contribution is 6.02. The largest absolute Gasteiger partial charge is 0.497 e. The Bertz CT molecular complexity index is 697. The van der Waals surface area contributed by atoms with E-state index < -0.39 is 0 Å². The van der Waals surface area contributed by atoms with Crippen LogP contribution < -0.4 is 4.74 Å². The lowest BCUT2D eigenvalue weighted by Crippen LogP contribution is -1.82. The zero-order valence-electron chi connectivity index (χ0n) is 11.6. The van der Waals surface area contributed by atoms with Gasteiger partial charge in [0.15, 0.2) is 0 Å². The van der Waals surface area contributed by atoms with Gasteiger partial charge in [-0.1, -0.05) is 44.2 Å². The van der Waals surface area contributed by atoms with Gasteiger partial charge < -0.3 is 4.74 Å². The number of ether oxygens (including phenoxy) is 1. The Morgan fingerprint density at radius 1 is 0.947 bits per heavy atom. The number of rotatable bonds is 2. The standard InChI is InChI=1S/C18H18O/c1-12(2)13-5-4-6-17-15(9-13)10-14-7-8-16(19-3)11-18(14)17/h4-12H,1-3H3. The van der Waals surface area contributed by atoms with E-state index in [-0.39, 0.29) is 0 Å². The molecule has 3 rings (SSSR count). The first kappa shape index (κ1) is 12.0. The van der Waals surface area contributed by atoms with Crippen molar-refractivity contribution in [3.05, 3.63) is 54.1 Å². The predicted molar refractivity (Wildman–Crippen MR) is 81.2 cm³/mol. The molecule has 1 aromatic rings. The highest BCUT2D eigenvalue weighted by Crippen LogP contribution is 2.36. The number of hydrogen-bond acceptors (Lipinski definition) is 1. The molecule has 0 radical (unpaired) electrons. The summed E-state index contributed by atoms with van der Waals surface area (Å²) in [7, 11) is 1.71. The average Bonchev–Trinajstić information content (AvgIpc) is 2.60. The van der Waals surface area contributed by atoms with Crippen LogP contribution in [-0.2, 0) is 0 Å². The van der Waals surface area contributed by atoms with Crippen molar-refractivity contribution in [2.75, 3.05) is 7.11 Å². The summed E-state index contributed by atoms with van der Waals surface area (Å²) in [4.78, 5) is 0. The Kier molecular flexibility index (Phi) is 2.90. The number of methoxy groups -OCH3 is 1. The van der Waals surface area contributed by atoms with Crippen molar-refractivity contribution >= 4 is 10.8 Å². The van der Waals surface area contributed by atoms with E-state index >= 15 is 0 Å². The molecule has 1 aromatic carbocycles. The first-order valence-corrected chi connectivity index (χ1v) is 6.69. The van der Waals surface area contributed by atoms with Crippen LogP contribution in [0, 0.1) is 0 Å². The minimum atomic E-state index is 0.545. The summed E-state index contributed by atoms with van der Waals surface area (Å²) in [6, 6.07) is 17.4. The van der Waals surface area contributed by atoms with Crippen molar-refractivity contribution in [2.24, 2.45) is 0 Å². The number of benzene rings is 1. The van der Waals surface area contributed by atoms with Crippen LogP contribution in [0.25, 0.3) is 21.9 Å². The normalized spacial score (nSPS) is 11.4. The predicted octanol–water partition coefficient (Wildman–Crippen LogP) is 5.08. The lowest BCUT2D eigenvalue weighted by atomic mass is 10.0. The van der Waals surface area contributed by atoms with Crippen LogP contribution in [-0.4, -0.2) is 7.11 Å². The van der Waals surface area contributed by atoms with Gasteiger partial charge in [-0.25, -0.2) is 0 Å². The Morgan fingerprint density at radius 3 is 2.53 bits per heavy atom. The fraction of sp³-hybridized carbons (Fsp3) is 0.222. The third-order valence-electron chi connectivity index (χ3n) is 3.71. The lowest BCUT2D eigenvalue weighted by Gasteiger charge is -2.02. The molecule has 19 heavy (non-hydrogen) atoms. The molecule has 0 atom stereocenters. The van der Waals surface area contributed by atoms with Gasteiger partial charge in [0.25, 0.3) is 0 Å². The van der Waals surface area contributed by atoms with Gasteiger partial charge in [-0.2, -0.15) is 0 Å². The lowest BCUT2D eigenvalue weighted by molar-refractivity contribution is 0.415. The van der Waals surface area contributed by atoms with Crippen molar-refractivity contribution in [1.29, 1.82) is 0 Å². The maximum Gasteiger partial charge on any atom is 0.119 e. The van der Waals surface area contributed by atoms with Crippen LogP contribution in [0.3, 0.4) is 0 Å². The Labute approximate surface area is 114 Å². The molecule has 96 valence electrons. The van der Waals surface area contributed by atoms with Gasteiger partial charge in [-0.3, -0.25) is 0 Å². The van der Waals surface area contributed by atoms with E-state index in [1.165, 1.54) is 27.5 Å². The summed E-state index contributed by atoms with van der Waals surface area (Å²) < 4.78 is 5.33. The summed E-state index contributed by atoms with van der Waals surface area (Å²) in [5.41, 5.74) is 3.97. The molecule has 0 aliphatic heterocycles. The van der Waals surface area contributed by atoms with E-state index in [4.69, 9.17) is 4.74 Å². The highest BCUT2D eigenvalue weighted by atomic mass is 16.5. The Balaban J connectivity index is 2.28. The average molecular weight is 250 g/mol. The maximum atomic E-state index is 5.33. The molecule has 0 unspecified atom stereocenters. The van der Waals surface area contributed by atoms with E-state index in [9.17, 15) is 0 Å². The zero-order valence-corrected chi connectivity index (χ0v) is 11.6.